The maximum absolute atomic E-state index is 5.36. The summed E-state index contributed by atoms with van der Waals surface area (Å²) in [6.45, 7) is 2.58. The summed E-state index contributed by atoms with van der Waals surface area (Å²) in [5.41, 5.74) is 2.85. The molecule has 3 rings (SSSR count). The molecule has 0 atom stereocenters. The first kappa shape index (κ1) is 15.7. The second-order valence-corrected chi connectivity index (χ2v) is 5.25. The lowest BCUT2D eigenvalue weighted by molar-refractivity contribution is 0.417. The predicted octanol–water partition coefficient (Wildman–Crippen LogP) is 3.54. The number of para-hydroxylation sites is 2. The lowest BCUT2D eigenvalue weighted by Crippen LogP contribution is -2.06. The maximum atomic E-state index is 5.36. The summed E-state index contributed by atoms with van der Waals surface area (Å²) in [7, 11) is 1.65. The zero-order valence-electron chi connectivity index (χ0n) is 13.7. The fourth-order valence-electron chi connectivity index (χ4n) is 2.28. The van der Waals surface area contributed by atoms with Crippen molar-refractivity contribution in [1.82, 2.24) is 15.0 Å². The molecule has 0 spiro atoms. The van der Waals surface area contributed by atoms with Gasteiger partial charge < -0.3 is 15.4 Å². The van der Waals surface area contributed by atoms with Gasteiger partial charge in [-0.25, -0.2) is 4.98 Å². The van der Waals surface area contributed by atoms with Gasteiger partial charge in [0.05, 0.1) is 12.8 Å². The van der Waals surface area contributed by atoms with E-state index in [1.807, 2.05) is 49.4 Å². The number of ether oxygens (including phenoxy) is 1. The zero-order chi connectivity index (χ0) is 16.8. The first-order chi connectivity index (χ1) is 11.7. The van der Waals surface area contributed by atoms with Crippen LogP contribution in [0.1, 0.15) is 11.3 Å². The molecule has 0 aliphatic rings. The monoisotopic (exact) mass is 321 g/mol. The molecule has 2 heterocycles. The van der Waals surface area contributed by atoms with E-state index >= 15 is 0 Å². The Balaban J connectivity index is 1.76. The number of anilines is 3. The highest BCUT2D eigenvalue weighted by molar-refractivity contribution is 5.64. The van der Waals surface area contributed by atoms with E-state index in [0.29, 0.717) is 18.3 Å². The number of methoxy groups -OCH3 is 1. The highest BCUT2D eigenvalue weighted by Gasteiger charge is 2.06. The van der Waals surface area contributed by atoms with E-state index in [1.54, 1.807) is 19.5 Å². The lowest BCUT2D eigenvalue weighted by atomic mass is 10.3. The van der Waals surface area contributed by atoms with E-state index in [2.05, 4.69) is 25.6 Å². The number of hydrogen-bond donors (Lipinski definition) is 2. The summed E-state index contributed by atoms with van der Waals surface area (Å²) >= 11 is 0. The van der Waals surface area contributed by atoms with Crippen molar-refractivity contribution in [2.24, 2.45) is 0 Å². The minimum Gasteiger partial charge on any atom is -0.495 e. The van der Waals surface area contributed by atoms with Crippen molar-refractivity contribution in [2.75, 3.05) is 17.7 Å². The van der Waals surface area contributed by atoms with Gasteiger partial charge in [-0.15, -0.1) is 0 Å². The van der Waals surface area contributed by atoms with E-state index in [4.69, 9.17) is 4.74 Å². The van der Waals surface area contributed by atoms with Crippen molar-refractivity contribution in [2.45, 2.75) is 13.5 Å². The van der Waals surface area contributed by atoms with Crippen LogP contribution in [0.2, 0.25) is 0 Å². The smallest absolute Gasteiger partial charge is 0.225 e. The number of nitrogens with zero attached hydrogens (tertiary/aromatic N) is 3. The SMILES string of the molecule is COc1ccccc1Nc1cc(C)nc(NCc2ccncc2)n1. The summed E-state index contributed by atoms with van der Waals surface area (Å²) in [5, 5.41) is 6.51. The molecule has 24 heavy (non-hydrogen) atoms. The van der Waals surface area contributed by atoms with E-state index in [-0.39, 0.29) is 0 Å². The molecule has 6 nitrogen and oxygen atoms in total. The first-order valence-corrected chi connectivity index (χ1v) is 7.63. The lowest BCUT2D eigenvalue weighted by Gasteiger charge is -2.12. The Morgan fingerprint density at radius 2 is 1.83 bits per heavy atom. The topological polar surface area (TPSA) is 72.0 Å². The molecule has 0 aliphatic heterocycles. The van der Waals surface area contributed by atoms with Gasteiger partial charge in [-0.2, -0.15) is 4.98 Å². The van der Waals surface area contributed by atoms with Gasteiger partial charge in [0.15, 0.2) is 0 Å². The summed E-state index contributed by atoms with van der Waals surface area (Å²) in [6, 6.07) is 13.5. The van der Waals surface area contributed by atoms with Gasteiger partial charge in [-0.3, -0.25) is 4.98 Å². The second-order valence-electron chi connectivity index (χ2n) is 5.25. The maximum Gasteiger partial charge on any atom is 0.225 e. The fraction of sp³-hybridized carbons (Fsp3) is 0.167. The summed E-state index contributed by atoms with van der Waals surface area (Å²) in [4.78, 5) is 12.9. The van der Waals surface area contributed by atoms with E-state index < -0.39 is 0 Å². The Hall–Kier alpha value is -3.15. The molecule has 122 valence electrons. The number of benzene rings is 1. The van der Waals surface area contributed by atoms with Crippen molar-refractivity contribution in [3.8, 4) is 5.75 Å². The average molecular weight is 321 g/mol. The molecule has 6 heteroatoms. The highest BCUT2D eigenvalue weighted by atomic mass is 16.5. The molecule has 0 bridgehead atoms. The van der Waals surface area contributed by atoms with Gasteiger partial charge in [-0.1, -0.05) is 12.1 Å². The molecule has 1 aromatic carbocycles. The van der Waals surface area contributed by atoms with Crippen molar-refractivity contribution >= 4 is 17.5 Å². The van der Waals surface area contributed by atoms with Gasteiger partial charge in [0.2, 0.25) is 5.95 Å². The van der Waals surface area contributed by atoms with Gasteiger partial charge in [0.25, 0.3) is 0 Å². The summed E-state index contributed by atoms with van der Waals surface area (Å²) in [5.74, 6) is 2.05. The molecule has 3 aromatic rings. The first-order valence-electron chi connectivity index (χ1n) is 7.63. The second kappa shape index (κ2) is 7.41. The van der Waals surface area contributed by atoms with Crippen LogP contribution in [0, 0.1) is 6.92 Å². The van der Waals surface area contributed by atoms with Crippen molar-refractivity contribution in [3.63, 3.8) is 0 Å². The number of pyridine rings is 1. The van der Waals surface area contributed by atoms with Crippen LogP contribution >= 0.6 is 0 Å². The highest BCUT2D eigenvalue weighted by Crippen LogP contribution is 2.26. The Labute approximate surface area is 141 Å². The van der Waals surface area contributed by atoms with Gasteiger partial charge in [0, 0.05) is 30.7 Å². The largest absolute Gasteiger partial charge is 0.495 e. The van der Waals surface area contributed by atoms with E-state index in [9.17, 15) is 0 Å². The van der Waals surface area contributed by atoms with Crippen LogP contribution in [0.15, 0.2) is 54.9 Å². The molecule has 0 amide bonds. The van der Waals surface area contributed by atoms with Crippen LogP contribution in [0.3, 0.4) is 0 Å². The van der Waals surface area contributed by atoms with Crippen LogP contribution in [0.4, 0.5) is 17.5 Å². The molecule has 0 unspecified atom stereocenters. The van der Waals surface area contributed by atoms with Crippen LogP contribution < -0.4 is 15.4 Å². The van der Waals surface area contributed by atoms with E-state index in [0.717, 1.165) is 22.7 Å². The van der Waals surface area contributed by atoms with Crippen LogP contribution in [-0.4, -0.2) is 22.1 Å². The van der Waals surface area contributed by atoms with Gasteiger partial charge in [-0.05, 0) is 36.8 Å². The predicted molar refractivity (Wildman–Crippen MR) is 94.6 cm³/mol. The summed E-state index contributed by atoms with van der Waals surface area (Å²) in [6.07, 6.45) is 3.53. The zero-order valence-corrected chi connectivity index (χ0v) is 13.7. The molecule has 0 saturated carbocycles. The molecule has 2 aromatic heterocycles. The third-order valence-corrected chi connectivity index (χ3v) is 3.42. The normalized spacial score (nSPS) is 10.2. The van der Waals surface area contributed by atoms with E-state index in [1.165, 1.54) is 0 Å². The number of nitrogens with one attached hydrogen (secondary N) is 2. The van der Waals surface area contributed by atoms with Gasteiger partial charge >= 0.3 is 0 Å². The minimum absolute atomic E-state index is 0.573. The van der Waals surface area contributed by atoms with Crippen molar-refractivity contribution in [1.29, 1.82) is 0 Å². The Bertz CT molecular complexity index is 808. The molecule has 2 N–H and O–H groups in total. The standard InChI is InChI=1S/C18H19N5O/c1-13-11-17(22-15-5-3-4-6-16(15)24-2)23-18(21-13)20-12-14-7-9-19-10-8-14/h3-11H,12H2,1-2H3,(H2,20,21,22,23). The molecule has 0 aliphatic carbocycles. The molecule has 0 radical (unpaired) electrons. The number of rotatable bonds is 6. The Morgan fingerprint density at radius 3 is 2.62 bits per heavy atom. The Kier molecular flexibility index (Phi) is 4.86. The molecular formula is C18H19N5O. The van der Waals surface area contributed by atoms with Crippen LogP contribution in [0.25, 0.3) is 0 Å². The minimum atomic E-state index is 0.573. The van der Waals surface area contributed by atoms with Gasteiger partial charge in [0.1, 0.15) is 11.6 Å². The molecule has 0 fully saturated rings. The third kappa shape index (κ3) is 3.98. The average Bonchev–Trinajstić information content (AvgIpc) is 2.61. The molecule has 0 saturated heterocycles. The van der Waals surface area contributed by atoms with Crippen LogP contribution in [0.5, 0.6) is 5.75 Å². The number of aromatic nitrogens is 3. The molecular weight excluding hydrogens is 302 g/mol. The Morgan fingerprint density at radius 1 is 1.04 bits per heavy atom. The number of aryl methyl sites for hydroxylation is 1. The number of hydrogen-bond acceptors (Lipinski definition) is 6. The summed E-state index contributed by atoms with van der Waals surface area (Å²) < 4.78 is 5.36. The third-order valence-electron chi connectivity index (χ3n) is 3.42. The van der Waals surface area contributed by atoms with Crippen molar-refractivity contribution in [3.05, 3.63) is 66.1 Å². The van der Waals surface area contributed by atoms with Crippen molar-refractivity contribution < 1.29 is 4.74 Å². The quantitative estimate of drug-likeness (QED) is 0.723. The fourth-order valence-corrected chi connectivity index (χ4v) is 2.28. The van der Waals surface area contributed by atoms with Crippen LogP contribution in [-0.2, 0) is 6.54 Å².